The number of rotatable bonds is 5. The standard InChI is InChI=1S/C23H13Cl3N4O2/c24-15-6-5-13(17(25)7-15)10-30-19-4-2-1-3-16(19)20(22(30)26)21(31)23-29-18(11-32-23)14-8-27-12-28-9-14/h1-9,11-12H,10H2. The lowest BCUT2D eigenvalue weighted by Crippen LogP contribution is -2.04. The first-order valence-corrected chi connectivity index (χ1v) is 10.6. The second kappa shape index (κ2) is 8.39. The van der Waals surface area contributed by atoms with Gasteiger partial charge >= 0.3 is 0 Å². The lowest BCUT2D eigenvalue weighted by atomic mass is 10.1. The molecule has 0 spiro atoms. The number of benzene rings is 2. The third-order valence-corrected chi connectivity index (χ3v) is 6.01. The Kier molecular flexibility index (Phi) is 5.43. The fraction of sp³-hybridized carbons (Fsp3) is 0.0435. The summed E-state index contributed by atoms with van der Waals surface area (Å²) in [5.74, 6) is -0.492. The molecule has 0 aliphatic rings. The molecule has 0 fully saturated rings. The van der Waals surface area contributed by atoms with E-state index in [1.54, 1.807) is 24.5 Å². The van der Waals surface area contributed by atoms with Gasteiger partial charge in [-0.15, -0.1) is 0 Å². The number of oxazole rings is 1. The molecule has 9 heteroatoms. The molecular weight excluding hydrogens is 471 g/mol. The van der Waals surface area contributed by atoms with Crippen molar-refractivity contribution in [2.45, 2.75) is 6.54 Å². The topological polar surface area (TPSA) is 73.8 Å². The second-order valence-electron chi connectivity index (χ2n) is 7.00. The molecule has 32 heavy (non-hydrogen) atoms. The van der Waals surface area contributed by atoms with Gasteiger partial charge in [0.05, 0.1) is 17.6 Å². The van der Waals surface area contributed by atoms with E-state index in [0.717, 1.165) is 11.1 Å². The van der Waals surface area contributed by atoms with Gasteiger partial charge in [-0.05, 0) is 23.8 Å². The van der Waals surface area contributed by atoms with E-state index in [0.29, 0.717) is 38.8 Å². The molecular formula is C23H13Cl3N4O2. The fourth-order valence-electron chi connectivity index (χ4n) is 3.51. The first-order valence-electron chi connectivity index (χ1n) is 9.49. The summed E-state index contributed by atoms with van der Waals surface area (Å²) in [6, 6.07) is 12.7. The van der Waals surface area contributed by atoms with E-state index < -0.39 is 5.78 Å². The van der Waals surface area contributed by atoms with Gasteiger partial charge < -0.3 is 8.98 Å². The van der Waals surface area contributed by atoms with Gasteiger partial charge in [-0.25, -0.2) is 15.0 Å². The Bertz CT molecular complexity index is 1460. The Morgan fingerprint density at radius 2 is 1.81 bits per heavy atom. The molecule has 0 atom stereocenters. The minimum atomic E-state index is -0.421. The number of carbonyl (C=O) groups excluding carboxylic acids is 1. The van der Waals surface area contributed by atoms with Crippen LogP contribution in [0.1, 0.15) is 21.8 Å². The molecule has 0 bridgehead atoms. The summed E-state index contributed by atoms with van der Waals surface area (Å²) in [6.07, 6.45) is 5.99. The van der Waals surface area contributed by atoms with Gasteiger partial charge in [0, 0.05) is 33.4 Å². The molecule has 6 nitrogen and oxygen atoms in total. The van der Waals surface area contributed by atoms with E-state index in [-0.39, 0.29) is 11.0 Å². The molecule has 0 N–H and O–H groups in total. The molecule has 3 aromatic heterocycles. The Morgan fingerprint density at radius 1 is 1.03 bits per heavy atom. The van der Waals surface area contributed by atoms with Gasteiger partial charge in [-0.2, -0.15) is 0 Å². The highest BCUT2D eigenvalue weighted by atomic mass is 35.5. The largest absolute Gasteiger partial charge is 0.441 e. The zero-order valence-electron chi connectivity index (χ0n) is 16.3. The van der Waals surface area contributed by atoms with Crippen LogP contribution < -0.4 is 0 Å². The van der Waals surface area contributed by atoms with Crippen LogP contribution in [0.25, 0.3) is 22.2 Å². The predicted octanol–water partition coefficient (Wildman–Crippen LogP) is 6.33. The molecule has 0 unspecified atom stereocenters. The Hall–Kier alpha value is -3.19. The zero-order chi connectivity index (χ0) is 22.2. The number of carbonyl (C=O) groups is 1. The van der Waals surface area contributed by atoms with E-state index in [4.69, 9.17) is 39.2 Å². The molecule has 2 aromatic carbocycles. The van der Waals surface area contributed by atoms with Crippen molar-refractivity contribution in [3.05, 3.63) is 99.7 Å². The van der Waals surface area contributed by atoms with Crippen LogP contribution >= 0.6 is 34.8 Å². The number of nitrogens with zero attached hydrogens (tertiary/aromatic N) is 4. The molecule has 0 aliphatic heterocycles. The number of halogens is 3. The van der Waals surface area contributed by atoms with Crippen LogP contribution in [0.4, 0.5) is 0 Å². The molecule has 158 valence electrons. The molecule has 0 saturated carbocycles. The Labute approximate surface area is 197 Å². The summed E-state index contributed by atoms with van der Waals surface area (Å²) in [7, 11) is 0. The molecule has 5 aromatic rings. The lowest BCUT2D eigenvalue weighted by Gasteiger charge is -2.09. The maximum absolute atomic E-state index is 13.4. The van der Waals surface area contributed by atoms with E-state index in [9.17, 15) is 4.79 Å². The summed E-state index contributed by atoms with van der Waals surface area (Å²) in [5, 5.41) is 2.02. The number of para-hydroxylation sites is 1. The monoisotopic (exact) mass is 482 g/mol. The van der Waals surface area contributed by atoms with Gasteiger partial charge in [0.15, 0.2) is 0 Å². The van der Waals surface area contributed by atoms with Gasteiger partial charge in [-0.3, -0.25) is 4.79 Å². The molecule has 0 radical (unpaired) electrons. The molecule has 0 amide bonds. The average Bonchev–Trinajstić information content (AvgIpc) is 3.40. The summed E-state index contributed by atoms with van der Waals surface area (Å²) < 4.78 is 7.31. The maximum atomic E-state index is 13.4. The number of aromatic nitrogens is 4. The summed E-state index contributed by atoms with van der Waals surface area (Å²) in [6.45, 7) is 0.362. The van der Waals surface area contributed by atoms with Gasteiger partial charge in [0.25, 0.3) is 11.7 Å². The Morgan fingerprint density at radius 3 is 2.59 bits per heavy atom. The maximum Gasteiger partial charge on any atom is 0.268 e. The second-order valence-corrected chi connectivity index (χ2v) is 8.20. The van der Waals surface area contributed by atoms with Crippen LogP contribution in [-0.4, -0.2) is 25.3 Å². The highest BCUT2D eigenvalue weighted by molar-refractivity contribution is 6.37. The van der Waals surface area contributed by atoms with Crippen molar-refractivity contribution >= 4 is 51.5 Å². The van der Waals surface area contributed by atoms with Crippen molar-refractivity contribution in [2.24, 2.45) is 0 Å². The van der Waals surface area contributed by atoms with Crippen molar-refractivity contribution in [1.82, 2.24) is 19.5 Å². The van der Waals surface area contributed by atoms with Crippen molar-refractivity contribution < 1.29 is 9.21 Å². The minimum Gasteiger partial charge on any atom is -0.441 e. The van der Waals surface area contributed by atoms with Gasteiger partial charge in [0.1, 0.15) is 23.4 Å². The highest BCUT2D eigenvalue weighted by Gasteiger charge is 2.26. The van der Waals surface area contributed by atoms with Crippen LogP contribution in [0.5, 0.6) is 0 Å². The summed E-state index contributed by atoms with van der Waals surface area (Å²) in [5.41, 5.74) is 3.02. The van der Waals surface area contributed by atoms with Crippen LogP contribution in [0.3, 0.4) is 0 Å². The smallest absolute Gasteiger partial charge is 0.268 e. The van der Waals surface area contributed by atoms with Crippen LogP contribution in [0.2, 0.25) is 15.2 Å². The van der Waals surface area contributed by atoms with Crippen molar-refractivity contribution in [3.63, 3.8) is 0 Å². The minimum absolute atomic E-state index is 0.0711. The van der Waals surface area contributed by atoms with Crippen molar-refractivity contribution in [1.29, 1.82) is 0 Å². The van der Waals surface area contributed by atoms with Crippen LogP contribution in [-0.2, 0) is 6.54 Å². The van der Waals surface area contributed by atoms with E-state index in [1.165, 1.54) is 12.6 Å². The predicted molar refractivity (Wildman–Crippen MR) is 123 cm³/mol. The molecule has 0 aliphatic carbocycles. The molecule has 0 saturated heterocycles. The Balaban J connectivity index is 1.58. The van der Waals surface area contributed by atoms with E-state index in [1.807, 2.05) is 34.9 Å². The first kappa shape index (κ1) is 20.7. The fourth-order valence-corrected chi connectivity index (χ4v) is 4.32. The van der Waals surface area contributed by atoms with E-state index in [2.05, 4.69) is 15.0 Å². The average molecular weight is 484 g/mol. The van der Waals surface area contributed by atoms with Crippen molar-refractivity contribution in [3.8, 4) is 11.3 Å². The number of hydrogen-bond donors (Lipinski definition) is 0. The first-order chi connectivity index (χ1) is 15.5. The zero-order valence-corrected chi connectivity index (χ0v) is 18.6. The number of hydrogen-bond acceptors (Lipinski definition) is 5. The highest BCUT2D eigenvalue weighted by Crippen LogP contribution is 2.34. The van der Waals surface area contributed by atoms with E-state index >= 15 is 0 Å². The van der Waals surface area contributed by atoms with Crippen LogP contribution in [0, 0.1) is 0 Å². The number of fused-ring (bicyclic) bond motifs is 1. The van der Waals surface area contributed by atoms with Crippen LogP contribution in [0.15, 0.2) is 71.9 Å². The summed E-state index contributed by atoms with van der Waals surface area (Å²) in [4.78, 5) is 25.6. The van der Waals surface area contributed by atoms with Crippen molar-refractivity contribution in [2.75, 3.05) is 0 Å². The molecule has 5 rings (SSSR count). The third kappa shape index (κ3) is 3.66. The quantitative estimate of drug-likeness (QED) is 0.273. The molecule has 3 heterocycles. The normalized spacial score (nSPS) is 11.2. The lowest BCUT2D eigenvalue weighted by molar-refractivity contribution is 0.100. The van der Waals surface area contributed by atoms with Gasteiger partial charge in [-0.1, -0.05) is 59.1 Å². The SMILES string of the molecule is O=C(c1nc(-c2cncnc2)co1)c1c(Cl)n(Cc2ccc(Cl)cc2Cl)c2ccccc12. The van der Waals surface area contributed by atoms with Gasteiger partial charge in [0.2, 0.25) is 0 Å². The third-order valence-electron chi connectivity index (χ3n) is 5.03. The summed E-state index contributed by atoms with van der Waals surface area (Å²) >= 11 is 19.1. The number of ketones is 1.